The lowest BCUT2D eigenvalue weighted by atomic mass is 10.1. The molecule has 0 radical (unpaired) electrons. The highest BCUT2D eigenvalue weighted by molar-refractivity contribution is 6.33. The van der Waals surface area contributed by atoms with E-state index in [1.54, 1.807) is 6.07 Å². The number of halogens is 2. The van der Waals surface area contributed by atoms with Gasteiger partial charge in [-0.2, -0.15) is 0 Å². The molecule has 1 N–H and O–H groups in total. The third-order valence-electron chi connectivity index (χ3n) is 3.21. The summed E-state index contributed by atoms with van der Waals surface area (Å²) in [4.78, 5) is 9.13. The van der Waals surface area contributed by atoms with Crippen molar-refractivity contribution in [1.82, 2.24) is 9.97 Å². The van der Waals surface area contributed by atoms with Crippen molar-refractivity contribution >= 4 is 17.4 Å². The fourth-order valence-corrected chi connectivity index (χ4v) is 2.28. The summed E-state index contributed by atoms with van der Waals surface area (Å²) in [6.45, 7) is 8.73. The Kier molecular flexibility index (Phi) is 4.78. The van der Waals surface area contributed by atoms with Crippen molar-refractivity contribution in [2.45, 2.75) is 33.6 Å². The van der Waals surface area contributed by atoms with Crippen LogP contribution < -0.4 is 5.32 Å². The minimum absolute atomic E-state index is 0.175. The molecule has 1 aromatic carbocycles. The molecule has 0 aliphatic rings. The van der Waals surface area contributed by atoms with Crippen LogP contribution in [-0.2, 0) is 0 Å². The van der Waals surface area contributed by atoms with Gasteiger partial charge in [-0.1, -0.05) is 25.4 Å². The quantitative estimate of drug-likeness (QED) is 0.881. The maximum atomic E-state index is 13.6. The minimum atomic E-state index is -0.330. The van der Waals surface area contributed by atoms with Gasteiger partial charge in [0.05, 0.1) is 10.7 Å². The zero-order valence-electron chi connectivity index (χ0n) is 12.7. The number of hydrogen-bond acceptors (Lipinski definition) is 3. The predicted octanol–water partition coefficient (Wildman–Crippen LogP) is 4.80. The summed E-state index contributed by atoms with van der Waals surface area (Å²) in [6, 6.07) is 4.31. The van der Waals surface area contributed by atoms with Gasteiger partial charge in [-0.3, -0.25) is 0 Å². The monoisotopic (exact) mass is 307 g/mol. The van der Waals surface area contributed by atoms with Crippen LogP contribution in [0.3, 0.4) is 0 Å². The topological polar surface area (TPSA) is 37.8 Å². The maximum Gasteiger partial charge on any atom is 0.133 e. The van der Waals surface area contributed by atoms with E-state index in [2.05, 4.69) is 15.3 Å². The van der Waals surface area contributed by atoms with E-state index in [9.17, 15) is 4.39 Å². The summed E-state index contributed by atoms with van der Waals surface area (Å²) < 4.78 is 13.6. The van der Waals surface area contributed by atoms with E-state index in [0.29, 0.717) is 22.1 Å². The van der Waals surface area contributed by atoms with Crippen molar-refractivity contribution in [3.63, 3.8) is 0 Å². The van der Waals surface area contributed by atoms with Gasteiger partial charge >= 0.3 is 0 Å². The molecular formula is C16H19ClFN3. The summed E-state index contributed by atoms with van der Waals surface area (Å²) in [5, 5.41) is 3.71. The summed E-state index contributed by atoms with van der Waals surface area (Å²) in [6.07, 6.45) is 0. The van der Waals surface area contributed by atoms with Crippen LogP contribution in [0.1, 0.15) is 38.1 Å². The number of anilines is 1. The number of aromatic nitrogens is 2. The Hall–Kier alpha value is -1.68. The van der Waals surface area contributed by atoms with Crippen molar-refractivity contribution in [2.75, 3.05) is 11.9 Å². The molecule has 1 heterocycles. The van der Waals surface area contributed by atoms with Gasteiger partial charge in [0.2, 0.25) is 0 Å². The third kappa shape index (κ3) is 3.32. The van der Waals surface area contributed by atoms with Gasteiger partial charge in [-0.15, -0.1) is 0 Å². The molecule has 1 aromatic heterocycles. The van der Waals surface area contributed by atoms with Crippen molar-refractivity contribution in [2.24, 2.45) is 0 Å². The fraction of sp³-hybridized carbons (Fsp3) is 0.375. The van der Waals surface area contributed by atoms with Crippen LogP contribution in [0.2, 0.25) is 5.02 Å². The van der Waals surface area contributed by atoms with Crippen LogP contribution >= 0.6 is 11.6 Å². The average molecular weight is 308 g/mol. The maximum absolute atomic E-state index is 13.6. The average Bonchev–Trinajstić information content (AvgIpc) is 2.44. The van der Waals surface area contributed by atoms with E-state index >= 15 is 0 Å². The van der Waals surface area contributed by atoms with Gasteiger partial charge in [0.15, 0.2) is 0 Å². The summed E-state index contributed by atoms with van der Waals surface area (Å²) in [7, 11) is 0. The third-order valence-corrected chi connectivity index (χ3v) is 3.54. The lowest BCUT2D eigenvalue weighted by Gasteiger charge is -2.15. The molecule has 0 fully saturated rings. The summed E-state index contributed by atoms with van der Waals surface area (Å²) >= 11 is 6.22. The Morgan fingerprint density at radius 3 is 2.62 bits per heavy atom. The second-order valence-electron chi connectivity index (χ2n) is 5.21. The molecule has 2 rings (SSSR count). The number of hydrogen-bond donors (Lipinski definition) is 1. The second-order valence-corrected chi connectivity index (χ2v) is 5.62. The van der Waals surface area contributed by atoms with Crippen molar-refractivity contribution < 1.29 is 4.39 Å². The van der Waals surface area contributed by atoms with Crippen LogP contribution in [0.15, 0.2) is 18.2 Å². The lowest BCUT2D eigenvalue weighted by Crippen LogP contribution is -2.09. The Labute approximate surface area is 129 Å². The molecule has 0 saturated heterocycles. The molecule has 5 heteroatoms. The molecule has 21 heavy (non-hydrogen) atoms. The number of nitrogens with zero attached hydrogens (tertiary/aromatic N) is 2. The van der Waals surface area contributed by atoms with Crippen molar-refractivity contribution in [3.05, 3.63) is 40.4 Å². The molecule has 2 aromatic rings. The van der Waals surface area contributed by atoms with E-state index in [4.69, 9.17) is 11.6 Å². The first-order chi connectivity index (χ1) is 9.93. The van der Waals surface area contributed by atoms with E-state index < -0.39 is 0 Å². The molecule has 112 valence electrons. The van der Waals surface area contributed by atoms with Crippen LogP contribution in [0, 0.1) is 12.7 Å². The molecule has 0 amide bonds. The van der Waals surface area contributed by atoms with E-state index in [1.165, 1.54) is 12.1 Å². The molecule has 0 aliphatic carbocycles. The normalized spacial score (nSPS) is 11.0. The first kappa shape index (κ1) is 15.7. The van der Waals surface area contributed by atoms with Gasteiger partial charge in [0.1, 0.15) is 17.5 Å². The fourth-order valence-electron chi connectivity index (χ4n) is 2.07. The highest BCUT2D eigenvalue weighted by Crippen LogP contribution is 2.32. The summed E-state index contributed by atoms with van der Waals surface area (Å²) in [5.74, 6) is 1.33. The van der Waals surface area contributed by atoms with Gasteiger partial charge in [-0.25, -0.2) is 14.4 Å². The zero-order valence-corrected chi connectivity index (χ0v) is 13.4. The molecule has 0 saturated carbocycles. The smallest absolute Gasteiger partial charge is 0.133 e. The van der Waals surface area contributed by atoms with E-state index in [0.717, 1.165) is 17.9 Å². The van der Waals surface area contributed by atoms with Crippen LogP contribution in [-0.4, -0.2) is 16.5 Å². The summed E-state index contributed by atoms with van der Waals surface area (Å²) in [5.41, 5.74) is 2.14. The Balaban J connectivity index is 2.69. The van der Waals surface area contributed by atoms with Gasteiger partial charge in [-0.05, 0) is 32.0 Å². The molecule has 0 spiro atoms. The standard InChI is InChI=1S/C16H19ClFN3/c1-5-19-16-10(4)14(20-15(21-16)9(2)3)12-8-11(18)6-7-13(12)17/h6-9H,5H2,1-4H3,(H,19,20,21). The zero-order chi connectivity index (χ0) is 15.6. The Morgan fingerprint density at radius 2 is 2.00 bits per heavy atom. The lowest BCUT2D eigenvalue weighted by molar-refractivity contribution is 0.628. The van der Waals surface area contributed by atoms with Crippen molar-refractivity contribution in [3.8, 4) is 11.3 Å². The van der Waals surface area contributed by atoms with Gasteiger partial charge < -0.3 is 5.32 Å². The van der Waals surface area contributed by atoms with E-state index in [-0.39, 0.29) is 11.7 Å². The molecule has 0 bridgehead atoms. The van der Waals surface area contributed by atoms with Gasteiger partial charge in [0.25, 0.3) is 0 Å². The highest BCUT2D eigenvalue weighted by atomic mass is 35.5. The molecule has 0 aliphatic heterocycles. The minimum Gasteiger partial charge on any atom is -0.370 e. The Bertz CT molecular complexity index is 656. The second kappa shape index (κ2) is 6.39. The first-order valence-electron chi connectivity index (χ1n) is 7.01. The van der Waals surface area contributed by atoms with Crippen LogP contribution in [0.5, 0.6) is 0 Å². The Morgan fingerprint density at radius 1 is 1.29 bits per heavy atom. The van der Waals surface area contributed by atoms with E-state index in [1.807, 2.05) is 27.7 Å². The molecular weight excluding hydrogens is 289 g/mol. The van der Waals surface area contributed by atoms with Crippen molar-refractivity contribution in [1.29, 1.82) is 0 Å². The van der Waals surface area contributed by atoms with Gasteiger partial charge in [0, 0.05) is 23.6 Å². The number of rotatable bonds is 4. The largest absolute Gasteiger partial charge is 0.370 e. The number of nitrogens with one attached hydrogen (secondary N) is 1. The molecule has 0 atom stereocenters. The number of benzene rings is 1. The molecule has 3 nitrogen and oxygen atoms in total. The predicted molar refractivity (Wildman–Crippen MR) is 85.4 cm³/mol. The molecule has 0 unspecified atom stereocenters. The van der Waals surface area contributed by atoms with Crippen LogP contribution in [0.4, 0.5) is 10.2 Å². The SMILES string of the molecule is CCNc1nc(C(C)C)nc(-c2cc(F)ccc2Cl)c1C. The first-order valence-corrected chi connectivity index (χ1v) is 7.39. The van der Waals surface area contributed by atoms with Crippen LogP contribution in [0.25, 0.3) is 11.3 Å². The highest BCUT2D eigenvalue weighted by Gasteiger charge is 2.16.